The third-order valence-corrected chi connectivity index (χ3v) is 5.20. The summed E-state index contributed by atoms with van der Waals surface area (Å²) in [6.07, 6.45) is 5.14. The standard InChI is InChI=1S/C20H22FN3O2/c1-26-18-4-3-15(21)11-14(18)13-20(6-7-20)23-19(25)17-12-16(5-8-22-17)24-9-2-10-24/h3-5,8,11-12H,2,6-7,9-10,13H2,1H3,(H,23,25). The van der Waals surface area contributed by atoms with Crippen LogP contribution in [0.3, 0.4) is 0 Å². The van der Waals surface area contributed by atoms with Crippen molar-refractivity contribution in [2.24, 2.45) is 0 Å². The van der Waals surface area contributed by atoms with E-state index in [-0.39, 0.29) is 17.3 Å². The molecule has 0 unspecified atom stereocenters. The first-order valence-corrected chi connectivity index (χ1v) is 8.94. The zero-order chi connectivity index (χ0) is 18.1. The molecule has 1 N–H and O–H groups in total. The molecule has 2 aliphatic rings. The maximum atomic E-state index is 13.6. The lowest BCUT2D eigenvalue weighted by Crippen LogP contribution is -2.40. The highest BCUT2D eigenvalue weighted by Gasteiger charge is 2.44. The maximum Gasteiger partial charge on any atom is 0.270 e. The van der Waals surface area contributed by atoms with Crippen molar-refractivity contribution in [2.75, 3.05) is 25.1 Å². The van der Waals surface area contributed by atoms with E-state index in [1.54, 1.807) is 19.4 Å². The van der Waals surface area contributed by atoms with E-state index in [1.807, 2.05) is 12.1 Å². The van der Waals surface area contributed by atoms with E-state index in [1.165, 1.54) is 18.6 Å². The first-order chi connectivity index (χ1) is 12.6. The number of carbonyl (C=O) groups is 1. The van der Waals surface area contributed by atoms with Crippen LogP contribution in [0.25, 0.3) is 0 Å². The van der Waals surface area contributed by atoms with Gasteiger partial charge in [-0.1, -0.05) is 0 Å². The van der Waals surface area contributed by atoms with Crippen LogP contribution < -0.4 is 15.0 Å². The molecule has 1 amide bonds. The monoisotopic (exact) mass is 355 g/mol. The van der Waals surface area contributed by atoms with Crippen LogP contribution in [0.4, 0.5) is 10.1 Å². The van der Waals surface area contributed by atoms with Gasteiger partial charge in [-0.2, -0.15) is 0 Å². The van der Waals surface area contributed by atoms with Gasteiger partial charge in [0.1, 0.15) is 17.3 Å². The molecular weight excluding hydrogens is 333 g/mol. The van der Waals surface area contributed by atoms with Crippen molar-refractivity contribution < 1.29 is 13.9 Å². The van der Waals surface area contributed by atoms with Crippen molar-refractivity contribution in [3.8, 4) is 5.75 Å². The minimum atomic E-state index is -0.341. The zero-order valence-electron chi connectivity index (χ0n) is 14.8. The predicted molar refractivity (Wildman–Crippen MR) is 97.2 cm³/mol. The van der Waals surface area contributed by atoms with Gasteiger partial charge >= 0.3 is 0 Å². The molecule has 0 atom stereocenters. The van der Waals surface area contributed by atoms with E-state index < -0.39 is 0 Å². The van der Waals surface area contributed by atoms with Gasteiger partial charge in [0.25, 0.3) is 5.91 Å². The Morgan fingerprint density at radius 2 is 2.12 bits per heavy atom. The molecule has 1 aliphatic carbocycles. The van der Waals surface area contributed by atoms with Gasteiger partial charge in [-0.05, 0) is 61.6 Å². The van der Waals surface area contributed by atoms with Gasteiger partial charge in [0, 0.05) is 30.5 Å². The van der Waals surface area contributed by atoms with Gasteiger partial charge in [-0.15, -0.1) is 0 Å². The Kier molecular flexibility index (Phi) is 4.26. The molecule has 1 aromatic heterocycles. The summed E-state index contributed by atoms with van der Waals surface area (Å²) in [6.45, 7) is 2.04. The topological polar surface area (TPSA) is 54.5 Å². The number of anilines is 1. The number of pyridine rings is 1. The number of carbonyl (C=O) groups excluding carboxylic acids is 1. The average Bonchev–Trinajstić information content (AvgIpc) is 3.33. The molecule has 2 heterocycles. The molecule has 5 nitrogen and oxygen atoms in total. The summed E-state index contributed by atoms with van der Waals surface area (Å²) in [5.41, 5.74) is 1.89. The molecular formula is C20H22FN3O2. The molecule has 2 aromatic rings. The summed E-state index contributed by atoms with van der Waals surface area (Å²) in [4.78, 5) is 19.1. The Morgan fingerprint density at radius 3 is 2.77 bits per heavy atom. The van der Waals surface area contributed by atoms with Crippen LogP contribution in [-0.4, -0.2) is 36.6 Å². The molecule has 1 saturated carbocycles. The number of hydrogen-bond acceptors (Lipinski definition) is 4. The number of methoxy groups -OCH3 is 1. The van der Waals surface area contributed by atoms with E-state index >= 15 is 0 Å². The third kappa shape index (κ3) is 3.36. The number of amides is 1. The highest BCUT2D eigenvalue weighted by Crippen LogP contribution is 2.40. The second kappa shape index (κ2) is 6.59. The van der Waals surface area contributed by atoms with Gasteiger partial charge in [-0.3, -0.25) is 9.78 Å². The van der Waals surface area contributed by atoms with Crippen molar-refractivity contribution in [2.45, 2.75) is 31.2 Å². The number of benzene rings is 1. The number of nitrogens with zero attached hydrogens (tertiary/aromatic N) is 2. The first-order valence-electron chi connectivity index (χ1n) is 8.94. The summed E-state index contributed by atoms with van der Waals surface area (Å²) >= 11 is 0. The van der Waals surface area contributed by atoms with Crippen LogP contribution in [0.5, 0.6) is 5.75 Å². The van der Waals surface area contributed by atoms with Crippen LogP contribution in [0.15, 0.2) is 36.5 Å². The molecule has 6 heteroatoms. The highest BCUT2D eigenvalue weighted by atomic mass is 19.1. The lowest BCUT2D eigenvalue weighted by Gasteiger charge is -2.33. The second-order valence-corrected chi connectivity index (χ2v) is 7.11. The van der Waals surface area contributed by atoms with Crippen molar-refractivity contribution >= 4 is 11.6 Å². The van der Waals surface area contributed by atoms with Gasteiger partial charge in [0.2, 0.25) is 0 Å². The Hall–Kier alpha value is -2.63. The molecule has 0 spiro atoms. The van der Waals surface area contributed by atoms with Gasteiger partial charge in [0.05, 0.1) is 7.11 Å². The van der Waals surface area contributed by atoms with Crippen molar-refractivity contribution in [1.82, 2.24) is 10.3 Å². The molecule has 0 radical (unpaired) electrons. The predicted octanol–water partition coefficient (Wildman–Crippen LogP) is 2.94. The Morgan fingerprint density at radius 1 is 1.31 bits per heavy atom. The molecule has 1 saturated heterocycles. The molecule has 1 aromatic carbocycles. The average molecular weight is 355 g/mol. The molecule has 2 fully saturated rings. The SMILES string of the molecule is COc1ccc(F)cc1CC1(NC(=O)c2cc(N3CCC3)ccn2)CC1. The summed E-state index contributed by atoms with van der Waals surface area (Å²) < 4.78 is 18.9. The molecule has 4 rings (SSSR count). The number of aromatic nitrogens is 1. The number of rotatable bonds is 6. The Balaban J connectivity index is 1.48. The number of hydrogen-bond donors (Lipinski definition) is 1. The minimum absolute atomic E-state index is 0.180. The molecule has 26 heavy (non-hydrogen) atoms. The van der Waals surface area contributed by atoms with Crippen LogP contribution in [0.1, 0.15) is 35.3 Å². The Labute approximate surface area is 152 Å². The first kappa shape index (κ1) is 16.8. The van der Waals surface area contributed by atoms with E-state index in [9.17, 15) is 9.18 Å². The normalized spacial score (nSPS) is 17.4. The van der Waals surface area contributed by atoms with Gasteiger partial charge < -0.3 is 15.0 Å². The van der Waals surface area contributed by atoms with Crippen molar-refractivity contribution in [3.05, 3.63) is 53.6 Å². The lowest BCUT2D eigenvalue weighted by atomic mass is 10.0. The number of ether oxygens (including phenoxy) is 1. The molecule has 136 valence electrons. The fourth-order valence-electron chi connectivity index (χ4n) is 3.37. The smallest absolute Gasteiger partial charge is 0.270 e. The van der Waals surface area contributed by atoms with E-state index in [4.69, 9.17) is 4.74 Å². The van der Waals surface area contributed by atoms with E-state index in [0.717, 1.165) is 37.2 Å². The fourth-order valence-corrected chi connectivity index (χ4v) is 3.37. The van der Waals surface area contributed by atoms with Gasteiger partial charge in [-0.25, -0.2) is 4.39 Å². The minimum Gasteiger partial charge on any atom is -0.496 e. The zero-order valence-corrected chi connectivity index (χ0v) is 14.8. The van der Waals surface area contributed by atoms with Crippen LogP contribution in [-0.2, 0) is 6.42 Å². The van der Waals surface area contributed by atoms with E-state index in [0.29, 0.717) is 17.9 Å². The summed E-state index contributed by atoms with van der Waals surface area (Å²) in [7, 11) is 1.57. The highest BCUT2D eigenvalue weighted by molar-refractivity contribution is 5.94. The van der Waals surface area contributed by atoms with Crippen LogP contribution >= 0.6 is 0 Å². The molecule has 0 bridgehead atoms. The number of halogens is 1. The number of nitrogens with one attached hydrogen (secondary N) is 1. The fraction of sp³-hybridized carbons (Fsp3) is 0.400. The maximum absolute atomic E-state index is 13.6. The Bertz CT molecular complexity index is 832. The van der Waals surface area contributed by atoms with Crippen LogP contribution in [0.2, 0.25) is 0 Å². The van der Waals surface area contributed by atoms with Crippen molar-refractivity contribution in [1.29, 1.82) is 0 Å². The van der Waals surface area contributed by atoms with E-state index in [2.05, 4.69) is 15.2 Å². The molecule has 1 aliphatic heterocycles. The third-order valence-electron chi connectivity index (χ3n) is 5.20. The summed E-state index contributed by atoms with van der Waals surface area (Å²) in [5.74, 6) is 0.164. The summed E-state index contributed by atoms with van der Waals surface area (Å²) in [5, 5.41) is 3.11. The summed E-state index contributed by atoms with van der Waals surface area (Å²) in [6, 6.07) is 8.26. The lowest BCUT2D eigenvalue weighted by molar-refractivity contribution is 0.0926. The largest absolute Gasteiger partial charge is 0.496 e. The quantitative estimate of drug-likeness (QED) is 0.866. The van der Waals surface area contributed by atoms with Gasteiger partial charge in [0.15, 0.2) is 0 Å². The van der Waals surface area contributed by atoms with Crippen LogP contribution in [0, 0.1) is 5.82 Å². The van der Waals surface area contributed by atoms with Crippen molar-refractivity contribution in [3.63, 3.8) is 0 Å². The second-order valence-electron chi connectivity index (χ2n) is 7.11.